The minimum absolute atomic E-state index is 0.590. The number of aromatic amines is 1. The van der Waals surface area contributed by atoms with E-state index < -0.39 is 0 Å². The number of para-hydroxylation sites is 2. The van der Waals surface area contributed by atoms with Gasteiger partial charge in [-0.05, 0) is 134 Å². The van der Waals surface area contributed by atoms with Crippen molar-refractivity contribution in [3.8, 4) is 11.5 Å². The second kappa shape index (κ2) is 19.5. The summed E-state index contributed by atoms with van der Waals surface area (Å²) < 4.78 is 12.6. The highest BCUT2D eigenvalue weighted by Crippen LogP contribution is 2.41. The van der Waals surface area contributed by atoms with E-state index in [0.29, 0.717) is 11.8 Å². The highest BCUT2D eigenvalue weighted by molar-refractivity contribution is 6.10. The molecule has 0 aliphatic rings. The Hall–Kier alpha value is -5.68. The van der Waals surface area contributed by atoms with Crippen molar-refractivity contribution in [3.05, 3.63) is 146 Å². The molecule has 6 aromatic carbocycles. The van der Waals surface area contributed by atoms with Crippen LogP contribution in [-0.2, 0) is 0 Å². The summed E-state index contributed by atoms with van der Waals surface area (Å²) in [4.78, 5) is 8.35. The molecule has 7 aromatic rings. The number of nitrogens with one attached hydrogen (secondary N) is 1. The van der Waals surface area contributed by atoms with Gasteiger partial charge in [0.1, 0.15) is 11.5 Å². The maximum Gasteiger partial charge on any atom is 0.119 e. The van der Waals surface area contributed by atoms with E-state index in [2.05, 4.69) is 188 Å². The Labute approximate surface area is 340 Å². The Morgan fingerprint density at radius 3 is 1.18 bits per heavy atom. The molecule has 7 rings (SSSR count). The number of nitrogens with zero attached hydrogens (tertiary/aromatic N) is 2. The fourth-order valence-corrected chi connectivity index (χ4v) is 7.81. The van der Waals surface area contributed by atoms with Crippen LogP contribution in [0.1, 0.15) is 79.1 Å². The van der Waals surface area contributed by atoms with Crippen molar-refractivity contribution < 1.29 is 9.47 Å². The lowest BCUT2D eigenvalue weighted by Crippen LogP contribution is -2.12. The zero-order chi connectivity index (χ0) is 39.4. The van der Waals surface area contributed by atoms with Gasteiger partial charge in [-0.15, -0.1) is 0 Å². The molecule has 0 aliphatic carbocycles. The fourth-order valence-electron chi connectivity index (χ4n) is 7.81. The Morgan fingerprint density at radius 2 is 0.807 bits per heavy atom. The molecule has 5 nitrogen and oxygen atoms in total. The first kappa shape index (κ1) is 39.6. The second-order valence-corrected chi connectivity index (χ2v) is 15.4. The largest absolute Gasteiger partial charge is 0.493 e. The van der Waals surface area contributed by atoms with Crippen molar-refractivity contribution in [1.29, 1.82) is 0 Å². The molecule has 57 heavy (non-hydrogen) atoms. The number of ether oxygens (including phenoxy) is 2. The Balaban J connectivity index is 1.21. The summed E-state index contributed by atoms with van der Waals surface area (Å²) in [6, 6.07) is 51.8. The van der Waals surface area contributed by atoms with E-state index in [1.807, 2.05) is 0 Å². The van der Waals surface area contributed by atoms with Crippen LogP contribution in [0.4, 0.5) is 34.1 Å². The highest BCUT2D eigenvalue weighted by atomic mass is 16.5. The third-order valence-corrected chi connectivity index (χ3v) is 11.4. The minimum atomic E-state index is 0.590. The topological polar surface area (TPSA) is 40.7 Å². The fraction of sp³-hybridized carbons (Fsp3) is 0.308. The molecule has 5 heteroatoms. The van der Waals surface area contributed by atoms with E-state index in [9.17, 15) is 0 Å². The van der Waals surface area contributed by atoms with E-state index >= 15 is 0 Å². The quantitative estimate of drug-likeness (QED) is 0.0841. The van der Waals surface area contributed by atoms with Gasteiger partial charge in [0.05, 0.1) is 13.2 Å². The van der Waals surface area contributed by atoms with E-state index in [0.717, 1.165) is 82.7 Å². The van der Waals surface area contributed by atoms with Crippen molar-refractivity contribution in [3.63, 3.8) is 0 Å². The Kier molecular flexibility index (Phi) is 13.5. The highest BCUT2D eigenvalue weighted by Gasteiger charge is 2.18. The van der Waals surface area contributed by atoms with Crippen LogP contribution in [0.25, 0.3) is 21.8 Å². The number of hydrogen-bond acceptors (Lipinski definition) is 4. The third-order valence-electron chi connectivity index (χ3n) is 11.4. The SMILES string of the molecule is CCCCC(CC)COc1ccc(N(c2ccccc2)c2ccc3[nH]c4ccc(N(c5ccccc5)c5ccc(OCC(CC)CCCC)cc5)cc4c3c2)cc1. The number of aromatic nitrogens is 1. The molecule has 0 fully saturated rings. The lowest BCUT2D eigenvalue weighted by Gasteiger charge is -2.26. The van der Waals surface area contributed by atoms with Gasteiger partial charge in [-0.2, -0.15) is 0 Å². The summed E-state index contributed by atoms with van der Waals surface area (Å²) in [6.45, 7) is 10.6. The summed E-state index contributed by atoms with van der Waals surface area (Å²) in [6.07, 6.45) is 9.67. The standard InChI is InChI=1S/C52H59N3O2/c1-5-9-17-39(7-3)37-56-47-29-23-43(24-30-47)54(41-19-13-11-14-20-41)45-27-33-51-49(35-45)50-36-46(28-34-52(50)53-51)55(42-21-15-12-16-22-42)44-25-31-48(32-26-44)57-38-40(8-4)18-10-6-2/h11-16,19-36,39-40,53H,5-10,17-18,37-38H2,1-4H3. The van der Waals surface area contributed by atoms with Crippen LogP contribution in [0, 0.1) is 11.8 Å². The van der Waals surface area contributed by atoms with Crippen LogP contribution in [0.15, 0.2) is 146 Å². The van der Waals surface area contributed by atoms with Gasteiger partial charge in [0.2, 0.25) is 0 Å². The number of H-pyrrole nitrogens is 1. The second-order valence-electron chi connectivity index (χ2n) is 15.4. The number of hydrogen-bond donors (Lipinski definition) is 1. The molecule has 0 amide bonds. The van der Waals surface area contributed by atoms with Gasteiger partial charge in [0, 0.05) is 55.9 Å². The maximum absolute atomic E-state index is 6.30. The van der Waals surface area contributed by atoms with Gasteiger partial charge in [0.25, 0.3) is 0 Å². The molecule has 0 aliphatic heterocycles. The first-order valence-corrected chi connectivity index (χ1v) is 21.3. The molecule has 0 bridgehead atoms. The summed E-state index contributed by atoms with van der Waals surface area (Å²) in [7, 11) is 0. The average molecular weight is 758 g/mol. The van der Waals surface area contributed by atoms with Crippen molar-refractivity contribution in [2.24, 2.45) is 11.8 Å². The average Bonchev–Trinajstić information content (AvgIpc) is 3.63. The summed E-state index contributed by atoms with van der Waals surface area (Å²) in [5.41, 5.74) is 8.77. The minimum Gasteiger partial charge on any atom is -0.493 e. The van der Waals surface area contributed by atoms with Crippen LogP contribution >= 0.6 is 0 Å². The zero-order valence-electron chi connectivity index (χ0n) is 34.3. The molecule has 0 saturated heterocycles. The molecule has 1 aromatic heterocycles. The molecule has 0 spiro atoms. The summed E-state index contributed by atoms with van der Waals surface area (Å²) in [5, 5.41) is 2.35. The molecule has 294 valence electrons. The van der Waals surface area contributed by atoms with Crippen molar-refractivity contribution >= 4 is 55.9 Å². The van der Waals surface area contributed by atoms with Crippen LogP contribution in [0.5, 0.6) is 11.5 Å². The first-order chi connectivity index (χ1) is 28.1. The van der Waals surface area contributed by atoms with Gasteiger partial charge >= 0.3 is 0 Å². The molecular weight excluding hydrogens is 699 g/mol. The number of rotatable bonds is 20. The molecule has 1 N–H and O–H groups in total. The van der Waals surface area contributed by atoms with Crippen LogP contribution in [-0.4, -0.2) is 18.2 Å². The van der Waals surface area contributed by atoms with E-state index in [-0.39, 0.29) is 0 Å². The molecule has 0 radical (unpaired) electrons. The normalized spacial score (nSPS) is 12.4. The maximum atomic E-state index is 6.30. The summed E-state index contributed by atoms with van der Waals surface area (Å²) in [5.74, 6) is 3.01. The predicted molar refractivity (Wildman–Crippen MR) is 243 cm³/mol. The lowest BCUT2D eigenvalue weighted by molar-refractivity contribution is 0.233. The third kappa shape index (κ3) is 9.65. The van der Waals surface area contributed by atoms with E-state index in [1.54, 1.807) is 0 Å². The zero-order valence-corrected chi connectivity index (χ0v) is 34.3. The molecule has 0 saturated carbocycles. The number of unbranched alkanes of at least 4 members (excludes halogenated alkanes) is 2. The molecule has 2 unspecified atom stereocenters. The van der Waals surface area contributed by atoms with E-state index in [4.69, 9.17) is 9.47 Å². The number of fused-ring (bicyclic) bond motifs is 3. The van der Waals surface area contributed by atoms with Crippen LogP contribution < -0.4 is 19.3 Å². The van der Waals surface area contributed by atoms with Gasteiger partial charge < -0.3 is 24.3 Å². The van der Waals surface area contributed by atoms with Crippen molar-refractivity contribution in [2.75, 3.05) is 23.0 Å². The first-order valence-electron chi connectivity index (χ1n) is 21.3. The molecule has 1 heterocycles. The smallest absolute Gasteiger partial charge is 0.119 e. The lowest BCUT2D eigenvalue weighted by atomic mass is 10.0. The summed E-state index contributed by atoms with van der Waals surface area (Å²) >= 11 is 0. The van der Waals surface area contributed by atoms with Gasteiger partial charge in [-0.25, -0.2) is 0 Å². The van der Waals surface area contributed by atoms with Crippen molar-refractivity contribution in [1.82, 2.24) is 4.98 Å². The van der Waals surface area contributed by atoms with Gasteiger partial charge in [-0.3, -0.25) is 0 Å². The Morgan fingerprint density at radius 1 is 0.439 bits per heavy atom. The Bertz CT molecular complexity index is 2100. The number of anilines is 6. The van der Waals surface area contributed by atoms with Gasteiger partial charge in [-0.1, -0.05) is 103 Å². The van der Waals surface area contributed by atoms with E-state index in [1.165, 1.54) is 49.3 Å². The molecule has 2 atom stereocenters. The van der Waals surface area contributed by atoms with Gasteiger partial charge in [0.15, 0.2) is 0 Å². The predicted octanol–water partition coefficient (Wildman–Crippen LogP) is 15.5. The molecular formula is C52H59N3O2. The monoisotopic (exact) mass is 757 g/mol. The van der Waals surface area contributed by atoms with Crippen LogP contribution in [0.3, 0.4) is 0 Å². The van der Waals surface area contributed by atoms with Crippen molar-refractivity contribution in [2.45, 2.75) is 79.1 Å². The van der Waals surface area contributed by atoms with Crippen LogP contribution in [0.2, 0.25) is 0 Å². The number of benzene rings is 6.